The molecular formula is C24H43N. The zero-order valence-corrected chi connectivity index (χ0v) is 17.2. The lowest BCUT2D eigenvalue weighted by Crippen LogP contribution is -2.54. The molecule has 0 saturated heterocycles. The van der Waals surface area contributed by atoms with Crippen molar-refractivity contribution < 1.29 is 0 Å². The van der Waals surface area contributed by atoms with Crippen LogP contribution in [0.15, 0.2) is 0 Å². The van der Waals surface area contributed by atoms with E-state index in [9.17, 15) is 0 Å². The van der Waals surface area contributed by atoms with E-state index >= 15 is 0 Å². The average Bonchev–Trinajstić information content (AvgIpc) is 2.90. The van der Waals surface area contributed by atoms with E-state index in [1.807, 2.05) is 0 Å². The zero-order valence-electron chi connectivity index (χ0n) is 17.2. The van der Waals surface area contributed by atoms with Crippen LogP contribution in [0.1, 0.15) is 104 Å². The second-order valence-corrected chi connectivity index (χ2v) is 11.0. The van der Waals surface area contributed by atoms with Gasteiger partial charge in [-0.1, -0.05) is 46.5 Å². The predicted octanol–water partition coefficient (Wildman–Crippen LogP) is 6.55. The van der Waals surface area contributed by atoms with Crippen molar-refractivity contribution in [3.63, 3.8) is 0 Å². The van der Waals surface area contributed by atoms with Gasteiger partial charge in [0.05, 0.1) is 0 Å². The summed E-state index contributed by atoms with van der Waals surface area (Å²) in [5.74, 6) is 5.06. The first-order valence-corrected chi connectivity index (χ1v) is 11.7. The van der Waals surface area contributed by atoms with Crippen LogP contribution in [-0.2, 0) is 0 Å². The standard InChI is InChI=1S/C24H43N/c1-4-5-6-7-17-12-14-23(2)18(16-17)8-9-19-20-10-11-22(25)24(20,3)15-13-21(19)23/h17-22H,4-16,25H2,1-3H3/t17?,18-,19-,20-,21-,22-,23-,24-/m0/s1. The Morgan fingerprint density at radius 2 is 1.60 bits per heavy atom. The number of hydrogen-bond donors (Lipinski definition) is 1. The van der Waals surface area contributed by atoms with E-state index in [4.69, 9.17) is 5.73 Å². The number of rotatable bonds is 4. The molecule has 2 N–H and O–H groups in total. The normalized spacial score (nSPS) is 52.3. The molecule has 144 valence electrons. The highest BCUT2D eigenvalue weighted by Gasteiger charge is 2.59. The van der Waals surface area contributed by atoms with Crippen LogP contribution in [0.3, 0.4) is 0 Å². The topological polar surface area (TPSA) is 26.0 Å². The number of hydrogen-bond acceptors (Lipinski definition) is 1. The van der Waals surface area contributed by atoms with Crippen molar-refractivity contribution in [2.75, 3.05) is 0 Å². The van der Waals surface area contributed by atoms with Gasteiger partial charge in [-0.25, -0.2) is 0 Å². The van der Waals surface area contributed by atoms with Crippen molar-refractivity contribution in [2.45, 2.75) is 110 Å². The molecule has 0 bridgehead atoms. The minimum absolute atomic E-state index is 0.474. The predicted molar refractivity (Wildman–Crippen MR) is 107 cm³/mol. The molecule has 0 amide bonds. The number of nitrogens with two attached hydrogens (primary N) is 1. The van der Waals surface area contributed by atoms with Crippen LogP contribution in [0.5, 0.6) is 0 Å². The molecule has 4 aliphatic rings. The summed E-state index contributed by atoms with van der Waals surface area (Å²) in [6, 6.07) is 0.485. The summed E-state index contributed by atoms with van der Waals surface area (Å²) in [6.45, 7) is 7.60. The Morgan fingerprint density at radius 1 is 0.840 bits per heavy atom. The molecule has 0 aliphatic heterocycles. The van der Waals surface area contributed by atoms with Crippen molar-refractivity contribution in [1.82, 2.24) is 0 Å². The fourth-order valence-electron chi connectivity index (χ4n) is 8.33. The second kappa shape index (κ2) is 6.84. The van der Waals surface area contributed by atoms with E-state index in [0.29, 0.717) is 16.9 Å². The maximum Gasteiger partial charge on any atom is 0.00957 e. The van der Waals surface area contributed by atoms with Crippen molar-refractivity contribution in [2.24, 2.45) is 46.2 Å². The fourth-order valence-corrected chi connectivity index (χ4v) is 8.33. The molecular weight excluding hydrogens is 302 g/mol. The first-order chi connectivity index (χ1) is 12.0. The minimum Gasteiger partial charge on any atom is -0.327 e. The molecule has 4 aliphatic carbocycles. The Labute approximate surface area is 156 Å². The van der Waals surface area contributed by atoms with E-state index in [1.165, 1.54) is 77.0 Å². The van der Waals surface area contributed by atoms with Gasteiger partial charge in [-0.15, -0.1) is 0 Å². The molecule has 4 saturated carbocycles. The highest BCUT2D eigenvalue weighted by atomic mass is 14.8. The van der Waals surface area contributed by atoms with Crippen LogP contribution in [0.2, 0.25) is 0 Å². The van der Waals surface area contributed by atoms with E-state index in [0.717, 1.165) is 29.6 Å². The molecule has 25 heavy (non-hydrogen) atoms. The van der Waals surface area contributed by atoms with Gasteiger partial charge >= 0.3 is 0 Å². The van der Waals surface area contributed by atoms with Crippen molar-refractivity contribution >= 4 is 0 Å². The molecule has 0 heterocycles. The van der Waals surface area contributed by atoms with E-state index in [2.05, 4.69) is 20.8 Å². The largest absolute Gasteiger partial charge is 0.327 e. The lowest BCUT2D eigenvalue weighted by atomic mass is 9.44. The third kappa shape index (κ3) is 2.91. The maximum atomic E-state index is 6.59. The first kappa shape index (κ1) is 18.3. The number of fused-ring (bicyclic) bond motifs is 5. The van der Waals surface area contributed by atoms with Crippen LogP contribution < -0.4 is 5.73 Å². The van der Waals surface area contributed by atoms with Gasteiger partial charge in [-0.2, -0.15) is 0 Å². The van der Waals surface area contributed by atoms with Gasteiger partial charge < -0.3 is 5.73 Å². The zero-order chi connectivity index (χ0) is 17.7. The van der Waals surface area contributed by atoms with Gasteiger partial charge in [0.2, 0.25) is 0 Å². The highest BCUT2D eigenvalue weighted by Crippen LogP contribution is 2.66. The van der Waals surface area contributed by atoms with Gasteiger partial charge in [0.1, 0.15) is 0 Å². The second-order valence-electron chi connectivity index (χ2n) is 11.0. The molecule has 0 aromatic carbocycles. The van der Waals surface area contributed by atoms with Crippen molar-refractivity contribution in [3.05, 3.63) is 0 Å². The summed E-state index contributed by atoms with van der Waals surface area (Å²) >= 11 is 0. The van der Waals surface area contributed by atoms with Gasteiger partial charge in [-0.05, 0) is 98.2 Å². The highest BCUT2D eigenvalue weighted by molar-refractivity contribution is 5.10. The molecule has 0 radical (unpaired) electrons. The lowest BCUT2D eigenvalue weighted by molar-refractivity contribution is -0.113. The monoisotopic (exact) mass is 345 g/mol. The Kier molecular flexibility index (Phi) is 5.02. The summed E-state index contributed by atoms with van der Waals surface area (Å²) in [6.07, 6.45) is 19.1. The molecule has 4 rings (SSSR count). The van der Waals surface area contributed by atoms with Crippen molar-refractivity contribution in [1.29, 1.82) is 0 Å². The minimum atomic E-state index is 0.474. The number of unbranched alkanes of at least 4 members (excludes halogenated alkanes) is 2. The molecule has 1 heteroatoms. The lowest BCUT2D eigenvalue weighted by Gasteiger charge is -2.61. The van der Waals surface area contributed by atoms with Crippen LogP contribution in [0.4, 0.5) is 0 Å². The molecule has 0 aromatic rings. The van der Waals surface area contributed by atoms with Gasteiger partial charge in [0.25, 0.3) is 0 Å². The summed E-state index contributed by atoms with van der Waals surface area (Å²) in [5, 5.41) is 0. The molecule has 1 unspecified atom stereocenters. The van der Waals surface area contributed by atoms with Crippen molar-refractivity contribution in [3.8, 4) is 0 Å². The van der Waals surface area contributed by atoms with Crippen LogP contribution in [-0.4, -0.2) is 6.04 Å². The quantitative estimate of drug-likeness (QED) is 0.574. The Bertz CT molecular complexity index is 473. The van der Waals surface area contributed by atoms with Crippen LogP contribution >= 0.6 is 0 Å². The molecule has 1 nitrogen and oxygen atoms in total. The van der Waals surface area contributed by atoms with E-state index in [-0.39, 0.29) is 0 Å². The van der Waals surface area contributed by atoms with E-state index in [1.54, 1.807) is 6.42 Å². The Morgan fingerprint density at radius 3 is 2.40 bits per heavy atom. The smallest absolute Gasteiger partial charge is 0.00957 e. The van der Waals surface area contributed by atoms with Gasteiger partial charge in [0, 0.05) is 6.04 Å². The molecule has 0 spiro atoms. The Balaban J connectivity index is 1.46. The maximum absolute atomic E-state index is 6.59. The SMILES string of the molecule is CCCCCC1CC[C@@]2(C)[C@@H](CC[C@@H]3[C@@H]2CC[C@]2(C)[C@@H](N)CC[C@@H]32)C1. The molecule has 4 fully saturated rings. The average molecular weight is 346 g/mol. The molecule has 0 aromatic heterocycles. The van der Waals surface area contributed by atoms with Crippen LogP contribution in [0.25, 0.3) is 0 Å². The summed E-state index contributed by atoms with van der Waals surface area (Å²) < 4.78 is 0. The first-order valence-electron chi connectivity index (χ1n) is 11.7. The summed E-state index contributed by atoms with van der Waals surface area (Å²) in [4.78, 5) is 0. The summed E-state index contributed by atoms with van der Waals surface area (Å²) in [5.41, 5.74) is 7.73. The fraction of sp³-hybridized carbons (Fsp3) is 1.00. The third-order valence-corrected chi connectivity index (χ3v) is 10.1. The van der Waals surface area contributed by atoms with Gasteiger partial charge in [0.15, 0.2) is 0 Å². The molecule has 8 atom stereocenters. The van der Waals surface area contributed by atoms with Gasteiger partial charge in [-0.3, -0.25) is 0 Å². The van der Waals surface area contributed by atoms with Crippen LogP contribution in [0, 0.1) is 40.4 Å². The Hall–Kier alpha value is -0.0400. The van der Waals surface area contributed by atoms with E-state index < -0.39 is 0 Å². The summed E-state index contributed by atoms with van der Waals surface area (Å²) in [7, 11) is 0. The third-order valence-electron chi connectivity index (χ3n) is 10.1.